The van der Waals surface area contributed by atoms with Crippen LogP contribution in [-0.2, 0) is 14.4 Å². The third-order valence-corrected chi connectivity index (χ3v) is 6.94. The summed E-state index contributed by atoms with van der Waals surface area (Å²) >= 11 is 0. The van der Waals surface area contributed by atoms with E-state index in [0.717, 1.165) is 12.8 Å². The quantitative estimate of drug-likeness (QED) is 0.497. The van der Waals surface area contributed by atoms with Gasteiger partial charge in [-0.1, -0.05) is 28.0 Å². The fourth-order valence-electron chi connectivity index (χ4n) is 3.10. The van der Waals surface area contributed by atoms with Gasteiger partial charge in [0.15, 0.2) is 0 Å². The summed E-state index contributed by atoms with van der Waals surface area (Å²) in [5.74, 6) is -0.513. The van der Waals surface area contributed by atoms with E-state index in [1.165, 1.54) is 21.6 Å². The Kier molecular flexibility index (Phi) is 6.60. The molecule has 1 saturated carbocycles. The zero-order valence-electron chi connectivity index (χ0n) is 12.9. The number of rotatable bonds is 1. The third kappa shape index (κ3) is 4.54. The van der Waals surface area contributed by atoms with Gasteiger partial charge >= 0.3 is 5.97 Å². The van der Waals surface area contributed by atoms with Crippen molar-refractivity contribution < 1.29 is 19.5 Å². The Bertz CT molecular complexity index is 477. The van der Waals surface area contributed by atoms with Crippen LogP contribution in [0, 0.1) is 5.41 Å². The molecule has 2 aliphatic rings. The number of hydrogen-bond acceptors (Lipinski definition) is 6. The van der Waals surface area contributed by atoms with Gasteiger partial charge in [-0.25, -0.2) is 4.79 Å². The van der Waals surface area contributed by atoms with Gasteiger partial charge in [-0.15, -0.1) is 0 Å². The summed E-state index contributed by atoms with van der Waals surface area (Å²) in [7, 11) is 2.80. The maximum absolute atomic E-state index is 12.8. The molecule has 1 aliphatic carbocycles. The van der Waals surface area contributed by atoms with Crippen molar-refractivity contribution in [3.63, 3.8) is 0 Å². The molecule has 5 N–H and O–H groups in total. The standard InChI is InChI=1S/C14H23N3O4S2/c15-10-2-1-4-14(10)5-6-16-11(18)3-7-22-23-8-9(12(19)20)17-13(14)21/h9-10H,1-8,15H2,(H,16,18)(H,17,21)(H,19,20). The Balaban J connectivity index is 2.17. The third-order valence-electron chi connectivity index (χ3n) is 4.53. The number of carboxylic acid groups (broad SMARTS) is 1. The predicted molar refractivity (Wildman–Crippen MR) is 91.0 cm³/mol. The lowest BCUT2D eigenvalue weighted by molar-refractivity contribution is -0.143. The van der Waals surface area contributed by atoms with Gasteiger partial charge in [0, 0.05) is 30.5 Å². The van der Waals surface area contributed by atoms with Crippen LogP contribution in [0.4, 0.5) is 0 Å². The molecule has 9 heteroatoms. The van der Waals surface area contributed by atoms with Crippen molar-refractivity contribution in [2.24, 2.45) is 11.1 Å². The number of carbonyl (C=O) groups is 3. The van der Waals surface area contributed by atoms with Crippen molar-refractivity contribution in [2.75, 3.05) is 18.1 Å². The van der Waals surface area contributed by atoms with Crippen LogP contribution < -0.4 is 16.4 Å². The summed E-state index contributed by atoms with van der Waals surface area (Å²) in [6.45, 7) is 0.384. The van der Waals surface area contributed by atoms with E-state index < -0.39 is 17.4 Å². The molecule has 0 aromatic rings. The molecule has 1 spiro atoms. The van der Waals surface area contributed by atoms with Crippen LogP contribution in [0.15, 0.2) is 0 Å². The second-order valence-electron chi connectivity index (χ2n) is 5.98. The van der Waals surface area contributed by atoms with Crippen molar-refractivity contribution in [3.8, 4) is 0 Å². The summed E-state index contributed by atoms with van der Waals surface area (Å²) in [6, 6.07) is -1.24. The van der Waals surface area contributed by atoms with E-state index in [-0.39, 0.29) is 23.6 Å². The van der Waals surface area contributed by atoms with Crippen LogP contribution in [0.25, 0.3) is 0 Å². The Morgan fingerprint density at radius 2 is 2.09 bits per heavy atom. The minimum Gasteiger partial charge on any atom is -0.480 e. The van der Waals surface area contributed by atoms with Gasteiger partial charge < -0.3 is 21.5 Å². The van der Waals surface area contributed by atoms with Crippen molar-refractivity contribution in [1.82, 2.24) is 10.6 Å². The molecule has 7 nitrogen and oxygen atoms in total. The maximum atomic E-state index is 12.8. The van der Waals surface area contributed by atoms with Crippen molar-refractivity contribution >= 4 is 39.4 Å². The Labute approximate surface area is 143 Å². The average molecular weight is 361 g/mol. The van der Waals surface area contributed by atoms with E-state index in [4.69, 9.17) is 5.73 Å². The summed E-state index contributed by atoms with van der Waals surface area (Å²) in [4.78, 5) is 35.9. The van der Waals surface area contributed by atoms with Crippen LogP contribution >= 0.6 is 21.6 Å². The lowest BCUT2D eigenvalue weighted by atomic mass is 9.78. The zero-order valence-corrected chi connectivity index (χ0v) is 14.5. The zero-order chi connectivity index (χ0) is 16.9. The Morgan fingerprint density at radius 3 is 2.74 bits per heavy atom. The largest absolute Gasteiger partial charge is 0.480 e. The number of hydrogen-bond donors (Lipinski definition) is 4. The van der Waals surface area contributed by atoms with Crippen LogP contribution in [0.2, 0.25) is 0 Å². The smallest absolute Gasteiger partial charge is 0.327 e. The van der Waals surface area contributed by atoms with Gasteiger partial charge in [0.25, 0.3) is 0 Å². The molecule has 1 saturated heterocycles. The van der Waals surface area contributed by atoms with Crippen LogP contribution in [0.3, 0.4) is 0 Å². The lowest BCUT2D eigenvalue weighted by Gasteiger charge is -2.33. The van der Waals surface area contributed by atoms with Crippen molar-refractivity contribution in [2.45, 2.75) is 44.2 Å². The van der Waals surface area contributed by atoms with Crippen LogP contribution in [0.5, 0.6) is 0 Å². The Morgan fingerprint density at radius 1 is 1.30 bits per heavy atom. The molecule has 1 aliphatic heterocycles. The molecule has 0 radical (unpaired) electrons. The number of carbonyl (C=O) groups excluding carboxylic acids is 2. The first-order chi connectivity index (χ1) is 11.0. The van der Waals surface area contributed by atoms with Gasteiger partial charge in [0.2, 0.25) is 11.8 Å². The molecule has 0 bridgehead atoms. The molecule has 3 atom stereocenters. The van der Waals surface area contributed by atoms with Gasteiger partial charge in [-0.2, -0.15) is 0 Å². The van der Waals surface area contributed by atoms with Gasteiger partial charge in [0.1, 0.15) is 6.04 Å². The average Bonchev–Trinajstić information content (AvgIpc) is 2.87. The normalized spacial score (nSPS) is 34.0. The summed E-state index contributed by atoms with van der Waals surface area (Å²) in [5, 5.41) is 14.8. The molecule has 2 amide bonds. The van der Waals surface area contributed by atoms with Crippen LogP contribution in [-0.4, -0.2) is 53.0 Å². The predicted octanol–water partition coefficient (Wildman–Crippen LogP) is 0.345. The SMILES string of the molecule is NC1CCCC12CCNC(=O)CCSSCC(C(=O)O)NC2=O. The first-order valence-electron chi connectivity index (χ1n) is 7.76. The summed E-state index contributed by atoms with van der Waals surface area (Å²) in [5.41, 5.74) is 5.39. The summed E-state index contributed by atoms with van der Waals surface area (Å²) < 4.78 is 0. The monoisotopic (exact) mass is 361 g/mol. The van der Waals surface area contributed by atoms with Gasteiger partial charge in [-0.05, 0) is 19.3 Å². The maximum Gasteiger partial charge on any atom is 0.327 e. The molecule has 0 aromatic heterocycles. The minimum atomic E-state index is -1.04. The molecule has 2 fully saturated rings. The molecule has 1 heterocycles. The van der Waals surface area contributed by atoms with E-state index in [9.17, 15) is 19.5 Å². The highest BCUT2D eigenvalue weighted by Crippen LogP contribution is 2.40. The molecule has 130 valence electrons. The first-order valence-corrected chi connectivity index (χ1v) is 10.2. The van der Waals surface area contributed by atoms with E-state index in [2.05, 4.69) is 10.6 Å². The number of amides is 2. The number of nitrogens with two attached hydrogens (primary N) is 1. The summed E-state index contributed by atoms with van der Waals surface area (Å²) in [6.07, 6.45) is 3.03. The highest BCUT2D eigenvalue weighted by atomic mass is 33.1. The first kappa shape index (κ1) is 18.4. The topological polar surface area (TPSA) is 122 Å². The fourth-order valence-corrected chi connectivity index (χ4v) is 5.25. The number of carboxylic acids is 1. The van der Waals surface area contributed by atoms with Crippen molar-refractivity contribution in [1.29, 1.82) is 0 Å². The molecule has 0 aromatic carbocycles. The van der Waals surface area contributed by atoms with Gasteiger partial charge in [-0.3, -0.25) is 9.59 Å². The van der Waals surface area contributed by atoms with E-state index >= 15 is 0 Å². The molecular weight excluding hydrogens is 338 g/mol. The number of aliphatic carboxylic acids is 1. The molecule has 3 unspecified atom stereocenters. The molecule has 2 rings (SSSR count). The fraction of sp³-hybridized carbons (Fsp3) is 0.786. The van der Waals surface area contributed by atoms with E-state index in [1.807, 2.05) is 0 Å². The van der Waals surface area contributed by atoms with E-state index in [1.54, 1.807) is 0 Å². The highest BCUT2D eigenvalue weighted by Gasteiger charge is 2.47. The second-order valence-corrected chi connectivity index (χ2v) is 8.60. The van der Waals surface area contributed by atoms with Crippen LogP contribution in [0.1, 0.15) is 32.1 Å². The molecule has 23 heavy (non-hydrogen) atoms. The van der Waals surface area contributed by atoms with Crippen molar-refractivity contribution in [3.05, 3.63) is 0 Å². The second kappa shape index (κ2) is 8.25. The van der Waals surface area contributed by atoms with Gasteiger partial charge in [0.05, 0.1) is 5.41 Å². The number of nitrogens with one attached hydrogen (secondary N) is 2. The van der Waals surface area contributed by atoms with E-state index in [0.29, 0.717) is 31.6 Å². The Hall–Kier alpha value is -0.930. The molecular formula is C14H23N3O4S2. The minimum absolute atomic E-state index is 0.0470. The lowest BCUT2D eigenvalue weighted by Crippen LogP contribution is -2.55. The highest BCUT2D eigenvalue weighted by molar-refractivity contribution is 8.76.